The average Bonchev–Trinajstić information content (AvgIpc) is 3.10. The van der Waals surface area contributed by atoms with Crippen LogP contribution in [0.4, 0.5) is 0 Å². The van der Waals surface area contributed by atoms with Gasteiger partial charge in [0.05, 0.1) is 4.34 Å². The van der Waals surface area contributed by atoms with Gasteiger partial charge >= 0.3 is 0 Å². The Labute approximate surface area is 141 Å². The van der Waals surface area contributed by atoms with Crippen LogP contribution in [0.15, 0.2) is 60.7 Å². The molecule has 22 heavy (non-hydrogen) atoms. The molecule has 0 aliphatic carbocycles. The summed E-state index contributed by atoms with van der Waals surface area (Å²) in [6.45, 7) is 2.30. The topological polar surface area (TPSA) is 0 Å². The van der Waals surface area contributed by atoms with Gasteiger partial charge in [0.2, 0.25) is 0 Å². The van der Waals surface area contributed by atoms with Crippen LogP contribution in [-0.2, 0) is 0 Å². The lowest BCUT2D eigenvalue weighted by Crippen LogP contribution is -2.63. The molecule has 0 saturated carbocycles. The van der Waals surface area contributed by atoms with Crippen LogP contribution >= 0.6 is 22.9 Å². The smallest absolute Gasteiger partial charge is 0.132 e. The van der Waals surface area contributed by atoms with Gasteiger partial charge in [-0.3, -0.25) is 0 Å². The second-order valence-electron chi connectivity index (χ2n) is 5.85. The fourth-order valence-corrected chi connectivity index (χ4v) is 11.7. The molecule has 0 radical (unpaired) electrons. The van der Waals surface area contributed by atoms with Crippen molar-refractivity contribution < 1.29 is 0 Å². The Morgan fingerprint density at radius 1 is 0.864 bits per heavy atom. The van der Waals surface area contributed by atoms with E-state index in [2.05, 4.69) is 67.6 Å². The minimum atomic E-state index is -1.89. The van der Waals surface area contributed by atoms with Crippen molar-refractivity contribution in [1.82, 2.24) is 0 Å². The second-order valence-corrected chi connectivity index (χ2v) is 11.9. The van der Waals surface area contributed by atoms with E-state index in [1.54, 1.807) is 21.7 Å². The molecule has 0 amide bonds. The second kappa shape index (κ2) is 5.38. The summed E-state index contributed by atoms with van der Waals surface area (Å²) in [5.41, 5.74) is 2.87. The number of hydrogen-bond donors (Lipinski definition) is 0. The van der Waals surface area contributed by atoms with Gasteiger partial charge in [-0.15, -0.1) is 11.3 Å². The molecular formula is C19H17ClSSi. The van der Waals surface area contributed by atoms with Crippen LogP contribution in [0.25, 0.3) is 11.1 Å². The maximum atomic E-state index is 6.30. The summed E-state index contributed by atoms with van der Waals surface area (Å²) >= 11 is 8.07. The highest BCUT2D eigenvalue weighted by molar-refractivity contribution is 7.35. The van der Waals surface area contributed by atoms with E-state index in [0.29, 0.717) is 0 Å². The molecule has 0 nitrogen and oxygen atoms in total. The van der Waals surface area contributed by atoms with E-state index in [1.807, 2.05) is 0 Å². The molecule has 0 fully saturated rings. The fraction of sp³-hybridized carbons (Fsp3) is 0.158. The first-order valence-electron chi connectivity index (χ1n) is 7.72. The Morgan fingerprint density at radius 2 is 1.45 bits per heavy atom. The third-order valence-electron chi connectivity index (χ3n) is 4.68. The van der Waals surface area contributed by atoms with E-state index in [-0.39, 0.29) is 0 Å². The largest absolute Gasteiger partial charge is 0.161 e. The van der Waals surface area contributed by atoms with Crippen molar-refractivity contribution in [3.63, 3.8) is 0 Å². The quantitative estimate of drug-likeness (QED) is 0.625. The Bertz CT molecular complexity index is 791. The Morgan fingerprint density at radius 3 is 1.95 bits per heavy atom. The third-order valence-corrected chi connectivity index (χ3v) is 12.0. The molecule has 1 aliphatic rings. The number of benzene rings is 2. The van der Waals surface area contributed by atoms with Gasteiger partial charge < -0.3 is 0 Å². The number of halogens is 1. The van der Waals surface area contributed by atoms with E-state index in [0.717, 1.165) is 4.34 Å². The minimum Gasteiger partial charge on any atom is -0.132 e. The number of fused-ring (bicyclic) bond motifs is 3. The Balaban J connectivity index is 2.09. The third kappa shape index (κ3) is 1.88. The molecule has 0 unspecified atom stereocenters. The van der Waals surface area contributed by atoms with Crippen molar-refractivity contribution in [2.45, 2.75) is 19.4 Å². The van der Waals surface area contributed by atoms with Gasteiger partial charge in [-0.1, -0.05) is 79.5 Å². The Kier molecular flexibility index (Phi) is 3.48. The highest BCUT2D eigenvalue weighted by Gasteiger charge is 2.46. The van der Waals surface area contributed by atoms with E-state index in [4.69, 9.17) is 11.6 Å². The number of rotatable bonds is 3. The van der Waals surface area contributed by atoms with Crippen molar-refractivity contribution in [3.05, 3.63) is 65.0 Å². The Hall–Kier alpha value is -1.35. The van der Waals surface area contributed by atoms with Crippen molar-refractivity contribution in [2.75, 3.05) is 0 Å². The van der Waals surface area contributed by atoms with Gasteiger partial charge in [-0.05, 0) is 33.6 Å². The predicted molar refractivity (Wildman–Crippen MR) is 101 cm³/mol. The predicted octanol–water partition coefficient (Wildman–Crippen LogP) is 4.26. The lowest BCUT2D eigenvalue weighted by molar-refractivity contribution is 1.06. The molecule has 3 aromatic rings. The molecule has 2 aromatic carbocycles. The average molecular weight is 341 g/mol. The van der Waals surface area contributed by atoms with Crippen molar-refractivity contribution in [3.8, 4) is 11.1 Å². The van der Waals surface area contributed by atoms with Crippen LogP contribution < -0.4 is 14.9 Å². The summed E-state index contributed by atoms with van der Waals surface area (Å²) in [5, 5.41) is 3.13. The van der Waals surface area contributed by atoms with Crippen LogP contribution in [-0.4, -0.2) is 8.07 Å². The molecule has 110 valence electrons. The summed E-state index contributed by atoms with van der Waals surface area (Å²) < 4.78 is 2.40. The van der Waals surface area contributed by atoms with Crippen molar-refractivity contribution in [2.24, 2.45) is 0 Å². The fourth-order valence-electron chi connectivity index (χ4n) is 3.90. The van der Waals surface area contributed by atoms with Gasteiger partial charge in [-0.25, -0.2) is 0 Å². The van der Waals surface area contributed by atoms with Crippen LogP contribution in [0.1, 0.15) is 13.3 Å². The summed E-state index contributed by atoms with van der Waals surface area (Å²) in [7, 11) is -1.89. The van der Waals surface area contributed by atoms with E-state index in [1.165, 1.54) is 28.1 Å². The first-order chi connectivity index (χ1) is 10.8. The zero-order valence-electron chi connectivity index (χ0n) is 12.5. The van der Waals surface area contributed by atoms with Gasteiger partial charge in [0.1, 0.15) is 0 Å². The highest BCUT2D eigenvalue weighted by atomic mass is 35.5. The molecular weight excluding hydrogens is 324 g/mol. The molecule has 2 heterocycles. The lowest BCUT2D eigenvalue weighted by Gasteiger charge is -2.28. The zero-order valence-corrected chi connectivity index (χ0v) is 15.0. The zero-order chi connectivity index (χ0) is 15.2. The molecule has 3 heteroatoms. The maximum absolute atomic E-state index is 6.30. The van der Waals surface area contributed by atoms with Crippen LogP contribution in [0, 0.1) is 0 Å². The van der Waals surface area contributed by atoms with Gasteiger partial charge in [0, 0.05) is 4.50 Å². The minimum absolute atomic E-state index is 0.903. The normalized spacial score (nSPS) is 14.6. The van der Waals surface area contributed by atoms with Gasteiger partial charge in [0.15, 0.2) is 8.07 Å². The van der Waals surface area contributed by atoms with Crippen LogP contribution in [0.5, 0.6) is 0 Å². The first-order valence-corrected chi connectivity index (χ1v) is 11.1. The van der Waals surface area contributed by atoms with Crippen LogP contribution in [0.3, 0.4) is 0 Å². The molecule has 0 atom stereocenters. The SMILES string of the molecule is CCC[Si]1(c2ccc(Cl)s2)c2ccccc2-c2ccccc21. The lowest BCUT2D eigenvalue weighted by atomic mass is 10.1. The monoisotopic (exact) mass is 340 g/mol. The molecule has 1 aliphatic heterocycles. The van der Waals surface area contributed by atoms with E-state index >= 15 is 0 Å². The molecule has 1 aromatic heterocycles. The molecule has 0 N–H and O–H groups in total. The molecule has 0 spiro atoms. The number of hydrogen-bond acceptors (Lipinski definition) is 1. The number of thiophene rings is 1. The van der Waals surface area contributed by atoms with Gasteiger partial charge in [0.25, 0.3) is 0 Å². The standard InChI is InChI=1S/C19H17ClSSi/c1-2-13-22(19-12-11-18(20)21-19)16-9-5-3-7-14(16)15-8-4-6-10-17(15)22/h3-12H,2,13H2,1H3. The summed E-state index contributed by atoms with van der Waals surface area (Å²) in [5.74, 6) is 0. The molecule has 4 rings (SSSR count). The summed E-state index contributed by atoms with van der Waals surface area (Å²) in [6.07, 6.45) is 1.20. The van der Waals surface area contributed by atoms with Crippen LogP contribution in [0.2, 0.25) is 10.4 Å². The highest BCUT2D eigenvalue weighted by Crippen LogP contribution is 2.32. The van der Waals surface area contributed by atoms with Crippen molar-refractivity contribution in [1.29, 1.82) is 0 Å². The first kappa shape index (κ1) is 14.3. The van der Waals surface area contributed by atoms with Crippen molar-refractivity contribution >= 4 is 45.9 Å². The summed E-state index contributed by atoms with van der Waals surface area (Å²) in [6, 6.07) is 23.6. The molecule has 0 saturated heterocycles. The molecule has 0 bridgehead atoms. The maximum Gasteiger partial charge on any atom is 0.161 e. The van der Waals surface area contributed by atoms with Gasteiger partial charge in [-0.2, -0.15) is 0 Å². The summed E-state index contributed by atoms with van der Waals surface area (Å²) in [4.78, 5) is 0. The van der Waals surface area contributed by atoms with E-state index in [9.17, 15) is 0 Å². The van der Waals surface area contributed by atoms with E-state index < -0.39 is 8.07 Å².